The molecule has 0 bridgehead atoms. The van der Waals surface area contributed by atoms with Crippen molar-refractivity contribution in [1.29, 1.82) is 0 Å². The van der Waals surface area contributed by atoms with Gasteiger partial charge in [0.2, 0.25) is 47.3 Å². The van der Waals surface area contributed by atoms with Crippen molar-refractivity contribution >= 4 is 105 Å². The molecular weight excluding hydrogens is 1040 g/mol. The van der Waals surface area contributed by atoms with Crippen molar-refractivity contribution in [2.75, 3.05) is 32.7 Å². The van der Waals surface area contributed by atoms with E-state index < -0.39 is 58.9 Å². The van der Waals surface area contributed by atoms with Gasteiger partial charge in [-0.05, 0) is 133 Å². The largest absolute Gasteiger partial charge is 0.343 e. The molecule has 0 radical (unpaired) electrons. The Kier molecular flexibility index (Phi) is 19.9. The van der Waals surface area contributed by atoms with E-state index in [0.717, 1.165) is 57.8 Å². The van der Waals surface area contributed by atoms with Gasteiger partial charge in [0.1, 0.15) is 24.2 Å². The summed E-state index contributed by atoms with van der Waals surface area (Å²) >= 11 is 3.09. The number of anilines is 4. The summed E-state index contributed by atoms with van der Waals surface area (Å²) in [7, 11) is 0. The van der Waals surface area contributed by atoms with Crippen LogP contribution in [-0.2, 0) is 64.3 Å². The molecule has 4 aromatic rings. The highest BCUT2D eigenvalue weighted by atomic mass is 35.5. The first-order valence-corrected chi connectivity index (χ1v) is 28.1. The van der Waals surface area contributed by atoms with Crippen LogP contribution in [0.5, 0.6) is 0 Å². The predicted octanol–water partition coefficient (Wildman–Crippen LogP) is 5.86. The number of rotatable bonds is 18. The van der Waals surface area contributed by atoms with Crippen LogP contribution in [-0.4, -0.2) is 95.6 Å². The van der Waals surface area contributed by atoms with Crippen molar-refractivity contribution in [3.8, 4) is 0 Å². The third-order valence-corrected chi connectivity index (χ3v) is 15.2. The number of fused-ring (bicyclic) bond motifs is 2. The highest BCUT2D eigenvalue weighted by Crippen LogP contribution is 2.42. The number of carbonyl (C=O) groups is 8. The van der Waals surface area contributed by atoms with Gasteiger partial charge in [0.05, 0.1) is 46.9 Å². The first-order valence-electron chi connectivity index (χ1n) is 26.2. The quantitative estimate of drug-likeness (QED) is 0.0693. The molecule has 8 amide bonds. The molecule has 4 aliphatic heterocycles. The van der Waals surface area contributed by atoms with Gasteiger partial charge in [-0.1, -0.05) is 52.0 Å². The molecule has 4 aliphatic rings. The Morgan fingerprint density at radius 3 is 1.29 bits per heavy atom. The standard InChI is InChI=1S/2C28H37N5O4S.ClH/c2*1-17(2)13-20(31-27(37)28(3,4)29)25(35)30-21-14-19-7-5-8-22(32-11-6-9-23(32)34)24(19)33(26(21)36)15-18-10-12-38-16-18;/h2*5,7-8,10,12,16-17,20-21H,6,9,11,13-15,29H2,1-4H3,(H,30,35)(H,31,37);1H/t2*20-,21?;/m11./s1. The summed E-state index contributed by atoms with van der Waals surface area (Å²) in [5.74, 6) is -1.83. The molecule has 21 heteroatoms. The Hall–Kier alpha value is -6.19. The Morgan fingerprint density at radius 2 is 0.987 bits per heavy atom. The molecule has 6 heterocycles. The van der Waals surface area contributed by atoms with Crippen LogP contribution in [0.1, 0.15) is 116 Å². The van der Waals surface area contributed by atoms with Gasteiger partial charge in [-0.2, -0.15) is 22.7 Å². The normalized spacial score (nSPS) is 18.3. The molecule has 0 spiro atoms. The summed E-state index contributed by atoms with van der Waals surface area (Å²) in [5.41, 5.74) is 16.2. The van der Waals surface area contributed by atoms with Gasteiger partial charge >= 0.3 is 0 Å². The van der Waals surface area contributed by atoms with Gasteiger partial charge in [0.15, 0.2) is 0 Å². The van der Waals surface area contributed by atoms with E-state index in [0.29, 0.717) is 64.7 Å². The maximum atomic E-state index is 13.9. The monoisotopic (exact) mass is 1110 g/mol. The second-order valence-electron chi connectivity index (χ2n) is 22.3. The van der Waals surface area contributed by atoms with Crippen LogP contribution in [0.4, 0.5) is 22.7 Å². The van der Waals surface area contributed by atoms with Crippen molar-refractivity contribution in [2.24, 2.45) is 23.3 Å². The van der Waals surface area contributed by atoms with E-state index >= 15 is 0 Å². The van der Waals surface area contributed by atoms with Crippen LogP contribution < -0.4 is 52.3 Å². The van der Waals surface area contributed by atoms with Gasteiger partial charge in [0, 0.05) is 38.8 Å². The summed E-state index contributed by atoms with van der Waals surface area (Å²) in [5, 5.41) is 19.3. The number of nitrogens with one attached hydrogen (secondary N) is 4. The molecule has 0 saturated carbocycles. The van der Waals surface area contributed by atoms with Gasteiger partial charge in [0.25, 0.3) is 0 Å². The van der Waals surface area contributed by atoms with Crippen molar-refractivity contribution in [2.45, 2.75) is 155 Å². The lowest BCUT2D eigenvalue weighted by atomic mass is 9.94. The molecule has 2 unspecified atom stereocenters. The summed E-state index contributed by atoms with van der Waals surface area (Å²) in [4.78, 5) is 112. The minimum Gasteiger partial charge on any atom is -0.343 e. The number of thiophene rings is 2. The number of para-hydroxylation sites is 2. The SMILES string of the molecule is CC(C)C[C@@H](NC(=O)C(C)(C)N)C(=O)NC1Cc2cccc(N3CCCC3=O)c2N(Cc2ccsc2)C1=O.CC(C)C[C@@H](NC(=O)C(C)(C)N)C(=O)NC1Cc2cccc(N3CCCC3=O)c2N(Cc2ccsc2)C1=O.Cl. The van der Waals surface area contributed by atoms with Crippen molar-refractivity contribution in [3.05, 3.63) is 92.3 Å². The summed E-state index contributed by atoms with van der Waals surface area (Å²) in [6.07, 6.45) is 3.94. The Balaban J connectivity index is 0.000000246. The Bertz CT molecular complexity index is 2600. The van der Waals surface area contributed by atoms with Gasteiger partial charge in [-0.25, -0.2) is 0 Å². The molecule has 2 aromatic carbocycles. The van der Waals surface area contributed by atoms with E-state index in [-0.39, 0.29) is 47.9 Å². The maximum Gasteiger partial charge on any atom is 0.250 e. The highest BCUT2D eigenvalue weighted by Gasteiger charge is 2.41. The van der Waals surface area contributed by atoms with E-state index in [1.807, 2.05) is 97.7 Å². The molecule has 77 heavy (non-hydrogen) atoms. The number of halogens is 1. The fraction of sp³-hybridized carbons (Fsp3) is 0.500. The second-order valence-corrected chi connectivity index (χ2v) is 23.8. The fourth-order valence-electron chi connectivity index (χ4n) is 9.87. The van der Waals surface area contributed by atoms with Crippen molar-refractivity contribution in [1.82, 2.24) is 21.3 Å². The minimum absolute atomic E-state index is 0. The van der Waals surface area contributed by atoms with Crippen molar-refractivity contribution < 1.29 is 38.4 Å². The van der Waals surface area contributed by atoms with Crippen LogP contribution in [0.25, 0.3) is 0 Å². The average Bonchev–Trinajstić information content (AvgIpc) is 4.21. The number of hydrogen-bond donors (Lipinski definition) is 6. The Morgan fingerprint density at radius 1 is 0.610 bits per heavy atom. The van der Waals surface area contributed by atoms with Gasteiger partial charge in [-0.15, -0.1) is 12.4 Å². The number of nitrogens with two attached hydrogens (primary N) is 2. The molecule has 8 N–H and O–H groups in total. The second kappa shape index (κ2) is 25.5. The van der Waals surface area contributed by atoms with Crippen molar-refractivity contribution in [3.63, 3.8) is 0 Å². The third-order valence-electron chi connectivity index (χ3n) is 13.7. The van der Waals surface area contributed by atoms with Crippen LogP contribution in [0.3, 0.4) is 0 Å². The lowest BCUT2D eigenvalue weighted by molar-refractivity contribution is -0.133. The van der Waals surface area contributed by atoms with E-state index in [2.05, 4.69) is 21.3 Å². The zero-order valence-electron chi connectivity index (χ0n) is 45.3. The van der Waals surface area contributed by atoms with E-state index in [4.69, 9.17) is 11.5 Å². The molecule has 18 nitrogen and oxygen atoms in total. The smallest absolute Gasteiger partial charge is 0.250 e. The van der Waals surface area contributed by atoms with Crippen LogP contribution >= 0.6 is 35.1 Å². The van der Waals surface area contributed by atoms with Crippen LogP contribution in [0.2, 0.25) is 0 Å². The summed E-state index contributed by atoms with van der Waals surface area (Å²) in [6.45, 7) is 16.1. The number of benzene rings is 2. The van der Waals surface area contributed by atoms with Gasteiger partial charge in [-0.3, -0.25) is 38.4 Å². The van der Waals surface area contributed by atoms with Crippen LogP contribution in [0.15, 0.2) is 70.1 Å². The zero-order valence-corrected chi connectivity index (χ0v) is 47.8. The number of carbonyl (C=O) groups excluding carboxylic acids is 8. The predicted molar refractivity (Wildman–Crippen MR) is 305 cm³/mol. The number of amides is 8. The lowest BCUT2D eigenvalue weighted by Gasteiger charge is -2.37. The Labute approximate surface area is 465 Å². The molecule has 416 valence electrons. The average molecular weight is 1120 g/mol. The molecule has 8 rings (SSSR count). The molecule has 0 aliphatic carbocycles. The maximum absolute atomic E-state index is 13.9. The molecule has 2 aromatic heterocycles. The molecule has 4 atom stereocenters. The third kappa shape index (κ3) is 14.7. The number of hydrogen-bond acceptors (Lipinski definition) is 12. The van der Waals surface area contributed by atoms with Gasteiger partial charge < -0.3 is 52.3 Å². The highest BCUT2D eigenvalue weighted by molar-refractivity contribution is 7.08. The first-order chi connectivity index (χ1) is 35.9. The topological polar surface area (TPSA) is 250 Å². The zero-order chi connectivity index (χ0) is 55.2. The summed E-state index contributed by atoms with van der Waals surface area (Å²) < 4.78 is 0. The van der Waals surface area contributed by atoms with Crippen LogP contribution in [0, 0.1) is 11.8 Å². The summed E-state index contributed by atoms with van der Waals surface area (Å²) in [6, 6.07) is 12.1. The first kappa shape index (κ1) is 60.0. The molecule has 2 fully saturated rings. The lowest BCUT2D eigenvalue weighted by Crippen LogP contribution is -2.59. The van der Waals surface area contributed by atoms with E-state index in [1.54, 1.807) is 70.0 Å². The number of nitrogens with zero attached hydrogens (tertiary/aromatic N) is 4. The van der Waals surface area contributed by atoms with E-state index in [9.17, 15) is 38.4 Å². The molecular formula is C56H75ClN10O8S2. The minimum atomic E-state index is -1.14. The van der Waals surface area contributed by atoms with E-state index in [1.165, 1.54) is 0 Å². The fourth-order valence-corrected chi connectivity index (χ4v) is 11.2. The molecule has 2 saturated heterocycles.